The number of esters is 1. The number of hydrogen-bond donors (Lipinski definition) is 0. The van der Waals surface area contributed by atoms with Crippen LogP contribution in [0.3, 0.4) is 0 Å². The van der Waals surface area contributed by atoms with E-state index in [1.54, 1.807) is 26.8 Å². The molecule has 0 N–H and O–H groups in total. The molecule has 0 saturated heterocycles. The fourth-order valence-corrected chi connectivity index (χ4v) is 5.99. The normalized spacial score (nSPS) is 14.3. The summed E-state index contributed by atoms with van der Waals surface area (Å²) in [5.74, 6) is -0.296. The molecule has 0 aliphatic carbocycles. The molecule has 0 bridgehead atoms. The maximum atomic E-state index is 13.7. The second-order valence-electron chi connectivity index (χ2n) is 9.96. The monoisotopic (exact) mass is 644 g/mol. The number of rotatable bonds is 11. The van der Waals surface area contributed by atoms with Gasteiger partial charge < -0.3 is 14.2 Å². The van der Waals surface area contributed by atoms with E-state index in [9.17, 15) is 29.8 Å². The molecule has 0 spiro atoms. The van der Waals surface area contributed by atoms with E-state index in [1.807, 2.05) is 30.3 Å². The summed E-state index contributed by atoms with van der Waals surface area (Å²) in [5, 5.41) is 23.6. The van der Waals surface area contributed by atoms with Crippen LogP contribution in [-0.2, 0) is 16.1 Å². The molecule has 4 aromatic rings. The second-order valence-corrected chi connectivity index (χ2v) is 11.0. The van der Waals surface area contributed by atoms with Gasteiger partial charge in [-0.3, -0.25) is 29.6 Å². The number of aromatic nitrogens is 1. The van der Waals surface area contributed by atoms with Crippen molar-refractivity contribution in [2.45, 2.75) is 33.4 Å². The number of ether oxygens (including phenoxy) is 3. The largest absolute Gasteiger partial charge is 0.490 e. The van der Waals surface area contributed by atoms with Gasteiger partial charge in [-0.05, 0) is 44.0 Å². The number of nitrogens with zero attached hydrogens (tertiary/aromatic N) is 4. The molecule has 1 atom stereocenters. The Morgan fingerprint density at radius 3 is 2.39 bits per heavy atom. The Morgan fingerprint density at radius 2 is 1.72 bits per heavy atom. The topological polar surface area (TPSA) is 165 Å². The molecule has 0 fully saturated rings. The Kier molecular flexibility index (Phi) is 9.37. The fourth-order valence-electron chi connectivity index (χ4n) is 4.96. The first kappa shape index (κ1) is 31.8. The summed E-state index contributed by atoms with van der Waals surface area (Å²) in [6, 6.07) is 16.7. The summed E-state index contributed by atoms with van der Waals surface area (Å²) in [6.07, 6.45) is 1.37. The van der Waals surface area contributed by atoms with E-state index in [0.717, 1.165) is 16.9 Å². The zero-order valence-electron chi connectivity index (χ0n) is 25.0. The van der Waals surface area contributed by atoms with Gasteiger partial charge >= 0.3 is 5.97 Å². The standard InChI is InChI=1S/C32H28N4O9S/c1-4-43-25-15-22(24(36(41)42)17-26(25)45-18-20-10-7-6-8-11-20)16-27-30(37)34-19(3)28(31(38)44-5-2)29(33-32(34)46-27)21-12-9-13-23(14-21)35(39)40/h6-17,29H,4-5,18H2,1-3H3/b27-16-/t29-/m1/s1. The molecule has 1 aromatic heterocycles. The van der Waals surface area contributed by atoms with Crippen LogP contribution in [0.4, 0.5) is 11.4 Å². The highest BCUT2D eigenvalue weighted by atomic mass is 32.1. The molecular formula is C32H28N4O9S. The Labute approximate surface area is 265 Å². The lowest BCUT2D eigenvalue weighted by Crippen LogP contribution is -2.35. The first-order valence-electron chi connectivity index (χ1n) is 14.2. The van der Waals surface area contributed by atoms with Gasteiger partial charge in [-0.2, -0.15) is 0 Å². The van der Waals surface area contributed by atoms with Crippen molar-refractivity contribution in [3.05, 3.63) is 129 Å². The van der Waals surface area contributed by atoms with Crippen LogP contribution < -0.4 is 24.4 Å². The number of carbonyl (C=O) groups is 1. The number of benzene rings is 3. The smallest absolute Gasteiger partial charge is 0.338 e. The molecule has 13 nitrogen and oxygen atoms in total. The molecule has 0 unspecified atom stereocenters. The highest BCUT2D eigenvalue weighted by Gasteiger charge is 2.32. The number of fused-ring (bicyclic) bond motifs is 1. The van der Waals surface area contributed by atoms with Gasteiger partial charge in [0.1, 0.15) is 12.6 Å². The Balaban J connectivity index is 1.66. The quantitative estimate of drug-likeness (QED) is 0.128. The molecule has 2 heterocycles. The van der Waals surface area contributed by atoms with E-state index in [0.29, 0.717) is 5.56 Å². The molecule has 3 aromatic carbocycles. The predicted molar refractivity (Wildman–Crippen MR) is 169 cm³/mol. The summed E-state index contributed by atoms with van der Waals surface area (Å²) in [7, 11) is 0. The van der Waals surface area contributed by atoms with Crippen LogP contribution in [-0.4, -0.2) is 33.6 Å². The molecule has 0 amide bonds. The summed E-state index contributed by atoms with van der Waals surface area (Å²) in [6.45, 7) is 5.42. The van der Waals surface area contributed by atoms with E-state index in [-0.39, 0.29) is 68.9 Å². The van der Waals surface area contributed by atoms with Gasteiger partial charge in [0.15, 0.2) is 16.3 Å². The molecule has 46 heavy (non-hydrogen) atoms. The average Bonchev–Trinajstić information content (AvgIpc) is 3.35. The van der Waals surface area contributed by atoms with Crippen LogP contribution >= 0.6 is 11.3 Å². The maximum Gasteiger partial charge on any atom is 0.338 e. The SMILES string of the molecule is CCOC(=O)C1=C(C)n2c(s/c(=C\c3cc(OCC)c(OCc4ccccc4)cc3[N+](=O)[O-])c2=O)=N[C@@H]1c1cccc([N+](=O)[O-])c1. The molecule has 5 rings (SSSR count). The highest BCUT2D eigenvalue weighted by Crippen LogP contribution is 2.36. The van der Waals surface area contributed by atoms with Crippen LogP contribution in [0.2, 0.25) is 0 Å². The number of non-ortho nitro benzene ring substituents is 1. The number of carbonyl (C=O) groups excluding carboxylic acids is 1. The summed E-state index contributed by atoms with van der Waals surface area (Å²) >= 11 is 0.961. The van der Waals surface area contributed by atoms with Crippen molar-refractivity contribution in [1.29, 1.82) is 0 Å². The number of nitro groups is 2. The van der Waals surface area contributed by atoms with Crippen LogP contribution in [0.15, 0.2) is 82.1 Å². The van der Waals surface area contributed by atoms with Crippen LogP contribution in [0.1, 0.15) is 43.5 Å². The van der Waals surface area contributed by atoms with Crippen LogP contribution in [0.25, 0.3) is 11.8 Å². The number of nitro benzene ring substituents is 2. The van der Waals surface area contributed by atoms with E-state index >= 15 is 0 Å². The van der Waals surface area contributed by atoms with E-state index in [4.69, 9.17) is 14.2 Å². The summed E-state index contributed by atoms with van der Waals surface area (Å²) in [5.41, 5.74) is 0.534. The first-order valence-corrected chi connectivity index (χ1v) is 15.0. The van der Waals surface area contributed by atoms with E-state index < -0.39 is 27.4 Å². The van der Waals surface area contributed by atoms with Crippen molar-refractivity contribution >= 4 is 40.5 Å². The van der Waals surface area contributed by atoms with Gasteiger partial charge in [0.05, 0.1) is 44.8 Å². The third-order valence-corrected chi connectivity index (χ3v) is 8.03. The minimum absolute atomic E-state index is 0.0471. The molecule has 1 aliphatic heterocycles. The Bertz CT molecular complexity index is 2050. The third kappa shape index (κ3) is 6.42. The van der Waals surface area contributed by atoms with E-state index in [2.05, 4.69) is 4.99 Å². The third-order valence-electron chi connectivity index (χ3n) is 7.05. The maximum absolute atomic E-state index is 13.7. The second kappa shape index (κ2) is 13.6. The van der Waals surface area contributed by atoms with Crippen LogP contribution in [0.5, 0.6) is 11.5 Å². The van der Waals surface area contributed by atoms with Gasteiger partial charge in [-0.15, -0.1) is 0 Å². The minimum Gasteiger partial charge on any atom is -0.490 e. The lowest BCUT2D eigenvalue weighted by atomic mass is 9.96. The van der Waals surface area contributed by atoms with Gasteiger partial charge in [0, 0.05) is 17.8 Å². The minimum atomic E-state index is -0.996. The van der Waals surface area contributed by atoms with Gasteiger partial charge in [0.2, 0.25) is 0 Å². The van der Waals surface area contributed by atoms with Crippen LogP contribution in [0, 0.1) is 20.2 Å². The number of allylic oxidation sites excluding steroid dienone is 1. The lowest BCUT2D eigenvalue weighted by molar-refractivity contribution is -0.385. The fraction of sp³-hybridized carbons (Fsp3) is 0.219. The van der Waals surface area contributed by atoms with Crippen molar-refractivity contribution in [3.63, 3.8) is 0 Å². The van der Waals surface area contributed by atoms with E-state index in [1.165, 1.54) is 41.0 Å². The summed E-state index contributed by atoms with van der Waals surface area (Å²) in [4.78, 5) is 54.2. The molecular weight excluding hydrogens is 616 g/mol. The van der Waals surface area contributed by atoms with Gasteiger partial charge in [-0.1, -0.05) is 53.8 Å². The first-order chi connectivity index (χ1) is 22.1. The lowest BCUT2D eigenvalue weighted by Gasteiger charge is -2.22. The number of hydrogen-bond acceptors (Lipinski definition) is 11. The molecule has 236 valence electrons. The molecule has 14 heteroatoms. The predicted octanol–water partition coefficient (Wildman–Crippen LogP) is 4.70. The van der Waals surface area contributed by atoms with Gasteiger partial charge in [0.25, 0.3) is 16.9 Å². The molecule has 0 radical (unpaired) electrons. The molecule has 1 aliphatic rings. The van der Waals surface area contributed by atoms with Crippen molar-refractivity contribution in [3.8, 4) is 11.5 Å². The highest BCUT2D eigenvalue weighted by molar-refractivity contribution is 7.07. The van der Waals surface area contributed by atoms with Crippen molar-refractivity contribution in [2.24, 2.45) is 4.99 Å². The Morgan fingerprint density at radius 1 is 0.978 bits per heavy atom. The molecule has 0 saturated carbocycles. The van der Waals surface area contributed by atoms with Crippen molar-refractivity contribution < 1.29 is 28.9 Å². The zero-order valence-corrected chi connectivity index (χ0v) is 25.8. The average molecular weight is 645 g/mol. The van der Waals surface area contributed by atoms with Crippen molar-refractivity contribution in [2.75, 3.05) is 13.2 Å². The summed E-state index contributed by atoms with van der Waals surface area (Å²) < 4.78 is 18.2. The Hall–Kier alpha value is -5.63. The van der Waals surface area contributed by atoms with Gasteiger partial charge in [-0.25, -0.2) is 9.79 Å². The number of thiazole rings is 1. The zero-order chi connectivity index (χ0) is 33.0. The van der Waals surface area contributed by atoms with Crippen molar-refractivity contribution in [1.82, 2.24) is 4.57 Å².